The zero-order valence-electron chi connectivity index (χ0n) is 15.1. The van der Waals surface area contributed by atoms with Gasteiger partial charge in [-0.15, -0.1) is 0 Å². The number of aryl methyl sites for hydroxylation is 2. The predicted molar refractivity (Wildman–Crippen MR) is 98.6 cm³/mol. The van der Waals surface area contributed by atoms with Crippen molar-refractivity contribution >= 4 is 11.2 Å². The molecule has 4 aromatic rings. The Hall–Kier alpha value is -3.21. The molecule has 4 rings (SSSR count). The van der Waals surface area contributed by atoms with Gasteiger partial charge in [-0.3, -0.25) is 4.79 Å². The number of H-pyrrole nitrogens is 1. The summed E-state index contributed by atoms with van der Waals surface area (Å²) in [7, 11) is 0. The Morgan fingerprint density at radius 3 is 2.60 bits per heavy atom. The van der Waals surface area contributed by atoms with Crippen molar-refractivity contribution < 1.29 is 1.37 Å². The summed E-state index contributed by atoms with van der Waals surface area (Å²) in [4.78, 5) is 23.8. The van der Waals surface area contributed by atoms with Crippen molar-refractivity contribution in [2.45, 2.75) is 20.4 Å². The van der Waals surface area contributed by atoms with Gasteiger partial charge in [0, 0.05) is 6.54 Å². The maximum atomic E-state index is 12.3. The number of benzene rings is 2. The highest BCUT2D eigenvalue weighted by atomic mass is 16.1. The summed E-state index contributed by atoms with van der Waals surface area (Å²) in [5, 5.41) is 0. The largest absolute Gasteiger partial charge is 0.318 e. The molecule has 2 heterocycles. The van der Waals surface area contributed by atoms with E-state index >= 15 is 0 Å². The standard InChI is InChI=1S/C20H18N4O/c1-13-21-19-18(20(25)22-13)24(14(2)23-19)12-15-8-10-17(11-9-15)16-6-4-3-5-7-16/h3-11H,12H2,1-2H3,(H,21,22,25)/i6D. The minimum Gasteiger partial charge on any atom is -0.318 e. The SMILES string of the molecule is [2H]c1ccccc1-c1ccc(Cn2c(C)nc3nc(C)[nH]c(=O)c32)cc1. The van der Waals surface area contributed by atoms with E-state index in [4.69, 9.17) is 1.37 Å². The van der Waals surface area contributed by atoms with Crippen LogP contribution in [0.1, 0.15) is 18.6 Å². The van der Waals surface area contributed by atoms with Crippen LogP contribution < -0.4 is 5.56 Å². The lowest BCUT2D eigenvalue weighted by Crippen LogP contribution is -2.14. The predicted octanol–water partition coefficient (Wildman–Crippen LogP) is 3.45. The van der Waals surface area contributed by atoms with Gasteiger partial charge in [-0.1, -0.05) is 54.6 Å². The second-order valence-electron chi connectivity index (χ2n) is 6.04. The second-order valence-corrected chi connectivity index (χ2v) is 6.04. The van der Waals surface area contributed by atoms with Crippen LogP contribution in [0.3, 0.4) is 0 Å². The summed E-state index contributed by atoms with van der Waals surface area (Å²) in [6, 6.07) is 16.1. The molecule has 0 atom stereocenters. The van der Waals surface area contributed by atoms with Crippen molar-refractivity contribution in [3.63, 3.8) is 0 Å². The Kier molecular flexibility index (Phi) is 3.41. The summed E-state index contributed by atoms with van der Waals surface area (Å²) in [6.07, 6.45) is 0. The first kappa shape index (κ1) is 14.2. The molecule has 0 amide bonds. The highest BCUT2D eigenvalue weighted by Crippen LogP contribution is 2.20. The lowest BCUT2D eigenvalue weighted by molar-refractivity contribution is 0.782. The van der Waals surface area contributed by atoms with Crippen LogP contribution in [-0.2, 0) is 6.54 Å². The van der Waals surface area contributed by atoms with Gasteiger partial charge < -0.3 is 9.55 Å². The topological polar surface area (TPSA) is 63.6 Å². The van der Waals surface area contributed by atoms with Crippen LogP contribution in [0.2, 0.25) is 0 Å². The zero-order valence-corrected chi connectivity index (χ0v) is 14.1. The molecule has 0 radical (unpaired) electrons. The lowest BCUT2D eigenvalue weighted by atomic mass is 10.0. The molecule has 5 nitrogen and oxygen atoms in total. The van der Waals surface area contributed by atoms with E-state index < -0.39 is 0 Å². The molecular formula is C20H18N4O. The number of fused-ring (bicyclic) bond motifs is 1. The van der Waals surface area contributed by atoms with Crippen LogP contribution in [0.15, 0.2) is 59.4 Å². The van der Waals surface area contributed by atoms with Crippen molar-refractivity contribution in [2.24, 2.45) is 0 Å². The lowest BCUT2D eigenvalue weighted by Gasteiger charge is -2.08. The molecule has 0 unspecified atom stereocenters. The summed E-state index contributed by atoms with van der Waals surface area (Å²) >= 11 is 0. The second kappa shape index (κ2) is 6.02. The average Bonchev–Trinajstić information content (AvgIpc) is 2.91. The summed E-state index contributed by atoms with van der Waals surface area (Å²) in [6.45, 7) is 4.16. The number of imidazole rings is 1. The number of hydrogen-bond donors (Lipinski definition) is 1. The molecule has 124 valence electrons. The van der Waals surface area contributed by atoms with E-state index in [-0.39, 0.29) is 5.56 Å². The van der Waals surface area contributed by atoms with Crippen molar-refractivity contribution in [1.29, 1.82) is 0 Å². The molecule has 5 heteroatoms. The van der Waals surface area contributed by atoms with E-state index in [2.05, 4.69) is 15.0 Å². The van der Waals surface area contributed by atoms with E-state index in [1.165, 1.54) is 0 Å². The number of aromatic amines is 1. The molecule has 25 heavy (non-hydrogen) atoms. The third-order valence-electron chi connectivity index (χ3n) is 4.24. The van der Waals surface area contributed by atoms with Gasteiger partial charge in [-0.05, 0) is 30.5 Å². The molecular weight excluding hydrogens is 312 g/mol. The van der Waals surface area contributed by atoms with Crippen LogP contribution in [-0.4, -0.2) is 19.5 Å². The summed E-state index contributed by atoms with van der Waals surface area (Å²) in [5.74, 6) is 1.31. The van der Waals surface area contributed by atoms with Gasteiger partial charge in [0.1, 0.15) is 11.6 Å². The molecule has 0 aliphatic rings. The van der Waals surface area contributed by atoms with Gasteiger partial charge in [0.25, 0.3) is 5.56 Å². The van der Waals surface area contributed by atoms with Crippen molar-refractivity contribution in [3.8, 4) is 11.1 Å². The summed E-state index contributed by atoms with van der Waals surface area (Å²) < 4.78 is 9.91. The fourth-order valence-corrected chi connectivity index (χ4v) is 3.00. The van der Waals surface area contributed by atoms with Gasteiger partial charge in [-0.2, -0.15) is 0 Å². The Bertz CT molecular complexity index is 1160. The maximum absolute atomic E-state index is 12.3. The van der Waals surface area contributed by atoms with E-state index in [9.17, 15) is 4.79 Å². The molecule has 1 N–H and O–H groups in total. The Balaban J connectivity index is 1.71. The van der Waals surface area contributed by atoms with E-state index in [0.717, 1.165) is 22.5 Å². The number of nitrogens with zero attached hydrogens (tertiary/aromatic N) is 3. The minimum atomic E-state index is -0.173. The van der Waals surface area contributed by atoms with Crippen LogP contribution in [0, 0.1) is 13.8 Å². The molecule has 0 saturated heterocycles. The minimum absolute atomic E-state index is 0.173. The summed E-state index contributed by atoms with van der Waals surface area (Å²) in [5.41, 5.74) is 3.75. The normalized spacial score (nSPS) is 11.7. The van der Waals surface area contributed by atoms with Gasteiger partial charge in [0.15, 0.2) is 11.2 Å². The molecule has 0 aliphatic heterocycles. The van der Waals surface area contributed by atoms with Gasteiger partial charge in [0.2, 0.25) is 0 Å². The quantitative estimate of drug-likeness (QED) is 0.625. The first-order chi connectivity index (χ1) is 12.5. The monoisotopic (exact) mass is 331 g/mol. The smallest absolute Gasteiger partial charge is 0.277 e. The van der Waals surface area contributed by atoms with Crippen LogP contribution in [0.4, 0.5) is 0 Å². The van der Waals surface area contributed by atoms with Gasteiger partial charge in [0.05, 0.1) is 1.37 Å². The van der Waals surface area contributed by atoms with Crippen molar-refractivity contribution in [2.75, 3.05) is 0 Å². The molecule has 2 aromatic heterocycles. The van der Waals surface area contributed by atoms with Crippen LogP contribution in [0.5, 0.6) is 0 Å². The van der Waals surface area contributed by atoms with Crippen molar-refractivity contribution in [1.82, 2.24) is 19.5 Å². The number of nitrogens with one attached hydrogen (secondary N) is 1. The van der Waals surface area contributed by atoms with E-state index in [1.807, 2.05) is 54.0 Å². The highest BCUT2D eigenvalue weighted by Gasteiger charge is 2.13. The Morgan fingerprint density at radius 2 is 1.84 bits per heavy atom. The Labute approximate surface area is 146 Å². The highest BCUT2D eigenvalue weighted by molar-refractivity contribution is 5.70. The van der Waals surface area contributed by atoms with Gasteiger partial charge >= 0.3 is 0 Å². The first-order valence-corrected chi connectivity index (χ1v) is 8.11. The number of aromatic nitrogens is 4. The van der Waals surface area contributed by atoms with E-state index in [0.29, 0.717) is 29.6 Å². The number of hydrogen-bond acceptors (Lipinski definition) is 3. The van der Waals surface area contributed by atoms with Gasteiger partial charge in [-0.25, -0.2) is 9.97 Å². The molecule has 0 spiro atoms. The Morgan fingerprint density at radius 1 is 1.04 bits per heavy atom. The third-order valence-corrected chi connectivity index (χ3v) is 4.24. The molecule has 2 aromatic carbocycles. The third kappa shape index (κ3) is 2.85. The molecule has 0 saturated carbocycles. The fourth-order valence-electron chi connectivity index (χ4n) is 3.00. The zero-order chi connectivity index (χ0) is 18.3. The fraction of sp³-hybridized carbons (Fsp3) is 0.150. The van der Waals surface area contributed by atoms with Crippen LogP contribution >= 0.6 is 0 Å². The van der Waals surface area contributed by atoms with Crippen molar-refractivity contribution in [3.05, 3.63) is 82.1 Å². The molecule has 0 aliphatic carbocycles. The molecule has 0 fully saturated rings. The first-order valence-electron chi connectivity index (χ1n) is 8.61. The van der Waals surface area contributed by atoms with Crippen LogP contribution in [0.25, 0.3) is 22.3 Å². The molecule has 0 bridgehead atoms. The maximum Gasteiger partial charge on any atom is 0.277 e. The van der Waals surface area contributed by atoms with E-state index in [1.54, 1.807) is 13.0 Å². The number of rotatable bonds is 3. The average molecular weight is 331 g/mol.